The van der Waals surface area contributed by atoms with Crippen molar-refractivity contribution >= 4 is 33.2 Å². The van der Waals surface area contributed by atoms with Gasteiger partial charge in [-0.3, -0.25) is 0 Å². The van der Waals surface area contributed by atoms with E-state index in [-0.39, 0.29) is 23.4 Å². The number of aromatic carboxylic acids is 1. The average molecular weight is 313 g/mol. The second-order valence-corrected chi connectivity index (χ2v) is 5.16. The van der Waals surface area contributed by atoms with Gasteiger partial charge in [-0.2, -0.15) is 5.23 Å². The Kier molecular flexibility index (Phi) is 2.88. The zero-order valence-electron chi connectivity index (χ0n) is 11.7. The molecule has 0 aliphatic carbocycles. The van der Waals surface area contributed by atoms with E-state index in [1.807, 2.05) is 0 Å². The molecule has 0 aromatic heterocycles. The normalized spacial score (nSPS) is 14.3. The Bertz CT molecular complexity index is 966. The summed E-state index contributed by atoms with van der Waals surface area (Å²) in [5.74, 6) is -0.530. The van der Waals surface area contributed by atoms with Crippen LogP contribution in [0, 0.1) is 5.21 Å². The predicted octanol–water partition coefficient (Wildman–Crippen LogP) is 1.82. The summed E-state index contributed by atoms with van der Waals surface area (Å²) in [5.41, 5.74) is -0.193. The molecule has 0 fully saturated rings. The molecule has 116 valence electrons. The topological polar surface area (TPSA) is 103 Å². The minimum absolute atomic E-state index is 0.0286. The lowest BCUT2D eigenvalue weighted by molar-refractivity contribution is -0.990. The number of carboxylic acid groups (broad SMARTS) is 1. The molecular formula is C16H11NO6. The fraction of sp³-hybridized carbons (Fsp3) is 0.0625. The minimum atomic E-state index is -1.22. The Morgan fingerprint density at radius 3 is 2.70 bits per heavy atom. The SMILES string of the molecule is O=C(O)c1cc2c(c3c1c([NH+]([O-])O)cc1ccccc13)OCO2. The van der Waals surface area contributed by atoms with Gasteiger partial charge in [0.05, 0.1) is 10.9 Å². The molecule has 23 heavy (non-hydrogen) atoms. The molecule has 3 N–H and O–H groups in total. The van der Waals surface area contributed by atoms with Gasteiger partial charge >= 0.3 is 5.97 Å². The van der Waals surface area contributed by atoms with Crippen LogP contribution in [0.15, 0.2) is 36.4 Å². The van der Waals surface area contributed by atoms with Crippen LogP contribution >= 0.6 is 0 Å². The number of ether oxygens (including phenoxy) is 2. The summed E-state index contributed by atoms with van der Waals surface area (Å²) in [4.78, 5) is 11.6. The second kappa shape index (κ2) is 4.82. The number of fused-ring (bicyclic) bond motifs is 5. The molecule has 4 rings (SSSR count). The zero-order valence-corrected chi connectivity index (χ0v) is 11.7. The predicted molar refractivity (Wildman–Crippen MR) is 80.3 cm³/mol. The summed E-state index contributed by atoms with van der Waals surface area (Å²) in [6.07, 6.45) is 0. The smallest absolute Gasteiger partial charge is 0.336 e. The van der Waals surface area contributed by atoms with Crippen LogP contribution in [-0.2, 0) is 0 Å². The maximum Gasteiger partial charge on any atom is 0.336 e. The molecule has 1 aliphatic rings. The molecule has 7 nitrogen and oxygen atoms in total. The first kappa shape index (κ1) is 13.8. The summed E-state index contributed by atoms with van der Waals surface area (Å²) in [6, 6.07) is 9.97. The number of carbonyl (C=O) groups is 1. The number of hydrogen-bond donors (Lipinski definition) is 3. The molecule has 7 heteroatoms. The first-order valence-electron chi connectivity index (χ1n) is 6.82. The van der Waals surface area contributed by atoms with Crippen LogP contribution in [0.5, 0.6) is 11.5 Å². The number of nitrogens with one attached hydrogen (secondary N) is 1. The van der Waals surface area contributed by atoms with Crippen molar-refractivity contribution in [3.63, 3.8) is 0 Å². The van der Waals surface area contributed by atoms with Crippen LogP contribution < -0.4 is 14.7 Å². The third-order valence-electron chi connectivity index (χ3n) is 3.92. The highest BCUT2D eigenvalue weighted by Gasteiger charge is 2.27. The van der Waals surface area contributed by atoms with Crippen molar-refractivity contribution in [2.45, 2.75) is 0 Å². The monoisotopic (exact) mass is 313 g/mol. The van der Waals surface area contributed by atoms with Crippen molar-refractivity contribution in [3.8, 4) is 11.5 Å². The molecule has 3 aromatic carbocycles. The Balaban J connectivity index is 2.31. The van der Waals surface area contributed by atoms with Crippen LogP contribution in [0.2, 0.25) is 0 Å². The largest absolute Gasteiger partial charge is 0.595 e. The molecule has 1 aliphatic heterocycles. The Morgan fingerprint density at radius 1 is 1.17 bits per heavy atom. The molecule has 0 bridgehead atoms. The summed E-state index contributed by atoms with van der Waals surface area (Å²) in [7, 11) is 0. The lowest BCUT2D eigenvalue weighted by Gasteiger charge is -2.18. The van der Waals surface area contributed by atoms with E-state index in [0.717, 1.165) is 5.39 Å². The maximum absolute atomic E-state index is 11.7. The number of hydrogen-bond acceptors (Lipinski definition) is 5. The summed E-state index contributed by atoms with van der Waals surface area (Å²) < 4.78 is 10.8. The van der Waals surface area contributed by atoms with Crippen molar-refractivity contribution in [3.05, 3.63) is 47.2 Å². The van der Waals surface area contributed by atoms with E-state index in [2.05, 4.69) is 0 Å². The molecule has 1 unspecified atom stereocenters. The highest BCUT2D eigenvalue weighted by atomic mass is 16.8. The van der Waals surface area contributed by atoms with Crippen molar-refractivity contribution in [1.29, 1.82) is 0 Å². The van der Waals surface area contributed by atoms with Gasteiger partial charge < -0.3 is 19.8 Å². The van der Waals surface area contributed by atoms with Crippen LogP contribution in [-0.4, -0.2) is 23.1 Å². The highest BCUT2D eigenvalue weighted by molar-refractivity contribution is 6.20. The van der Waals surface area contributed by atoms with E-state index in [9.17, 15) is 20.3 Å². The van der Waals surface area contributed by atoms with Gasteiger partial charge in [-0.1, -0.05) is 24.3 Å². The quantitative estimate of drug-likeness (QED) is 0.492. The maximum atomic E-state index is 11.7. The molecule has 0 amide bonds. The molecule has 1 heterocycles. The minimum Gasteiger partial charge on any atom is -0.595 e. The number of rotatable bonds is 2. The molecular weight excluding hydrogens is 302 g/mol. The van der Waals surface area contributed by atoms with Crippen LogP contribution in [0.25, 0.3) is 21.5 Å². The van der Waals surface area contributed by atoms with Crippen LogP contribution in [0.4, 0.5) is 5.69 Å². The lowest BCUT2D eigenvalue weighted by atomic mass is 9.95. The first-order valence-corrected chi connectivity index (χ1v) is 6.82. The molecule has 0 saturated carbocycles. The molecule has 3 aromatic rings. The third-order valence-corrected chi connectivity index (χ3v) is 3.92. The van der Waals surface area contributed by atoms with Gasteiger partial charge in [-0.05, 0) is 16.8 Å². The van der Waals surface area contributed by atoms with E-state index < -0.39 is 11.2 Å². The van der Waals surface area contributed by atoms with Gasteiger partial charge in [-0.25, -0.2) is 10.0 Å². The van der Waals surface area contributed by atoms with E-state index in [4.69, 9.17) is 9.47 Å². The van der Waals surface area contributed by atoms with Gasteiger partial charge in [0.2, 0.25) is 6.79 Å². The molecule has 0 spiro atoms. The van der Waals surface area contributed by atoms with Gasteiger partial charge in [0.25, 0.3) is 0 Å². The van der Waals surface area contributed by atoms with E-state index >= 15 is 0 Å². The van der Waals surface area contributed by atoms with E-state index in [1.165, 1.54) is 12.1 Å². The summed E-state index contributed by atoms with van der Waals surface area (Å²) >= 11 is 0. The van der Waals surface area contributed by atoms with Gasteiger partial charge in [0.15, 0.2) is 17.2 Å². The van der Waals surface area contributed by atoms with E-state index in [0.29, 0.717) is 22.3 Å². The molecule has 0 saturated heterocycles. The Hall–Kier alpha value is -2.87. The summed E-state index contributed by atoms with van der Waals surface area (Å²) in [6.45, 7) is -0.0286. The first-order chi connectivity index (χ1) is 11.1. The summed E-state index contributed by atoms with van der Waals surface area (Å²) in [5, 5.41) is 31.5. The lowest BCUT2D eigenvalue weighted by Crippen LogP contribution is -2.99. The van der Waals surface area contributed by atoms with Crippen molar-refractivity contribution < 1.29 is 29.8 Å². The molecule has 1 atom stereocenters. The van der Waals surface area contributed by atoms with Gasteiger partial charge in [-0.15, -0.1) is 0 Å². The number of benzene rings is 3. The Labute approximate surface area is 129 Å². The third kappa shape index (κ3) is 1.92. The van der Waals surface area contributed by atoms with Crippen molar-refractivity contribution in [2.24, 2.45) is 0 Å². The standard InChI is InChI=1S/C16H11NO6/c18-16(19)10-6-12-15(23-7-22-12)14-9-4-2-1-3-8(9)5-11(13(10)14)17(20)21/h1-6,17,20H,7H2,(H,18,19). The average Bonchev–Trinajstić information content (AvgIpc) is 3.00. The van der Waals surface area contributed by atoms with Gasteiger partial charge in [0.1, 0.15) is 0 Å². The van der Waals surface area contributed by atoms with Crippen molar-refractivity contribution in [2.75, 3.05) is 6.79 Å². The van der Waals surface area contributed by atoms with Crippen molar-refractivity contribution in [1.82, 2.24) is 0 Å². The zero-order chi connectivity index (χ0) is 16.1. The number of carboxylic acids is 1. The molecule has 0 radical (unpaired) electrons. The highest BCUT2D eigenvalue weighted by Crippen LogP contribution is 2.46. The van der Waals surface area contributed by atoms with Crippen LogP contribution in [0.1, 0.15) is 10.4 Å². The van der Waals surface area contributed by atoms with E-state index in [1.54, 1.807) is 24.3 Å². The van der Waals surface area contributed by atoms with Crippen LogP contribution in [0.3, 0.4) is 0 Å². The fourth-order valence-corrected chi connectivity index (χ4v) is 2.99. The van der Waals surface area contributed by atoms with Gasteiger partial charge in [0, 0.05) is 11.5 Å². The fourth-order valence-electron chi connectivity index (χ4n) is 2.99. The Morgan fingerprint density at radius 2 is 1.96 bits per heavy atom. The second-order valence-electron chi connectivity index (χ2n) is 5.16. The number of quaternary nitrogens is 1.